The van der Waals surface area contributed by atoms with Crippen molar-refractivity contribution in [3.8, 4) is 0 Å². The van der Waals surface area contributed by atoms with Gasteiger partial charge < -0.3 is 10.2 Å². The van der Waals surface area contributed by atoms with Gasteiger partial charge in [-0.2, -0.15) is 0 Å². The highest BCUT2D eigenvalue weighted by atomic mass is 35.5. The van der Waals surface area contributed by atoms with Crippen LogP contribution in [0.15, 0.2) is 36.4 Å². The van der Waals surface area contributed by atoms with Crippen molar-refractivity contribution in [1.82, 2.24) is 0 Å². The van der Waals surface area contributed by atoms with Crippen LogP contribution in [0.2, 0.25) is 5.02 Å². The van der Waals surface area contributed by atoms with Crippen LogP contribution in [-0.2, 0) is 4.79 Å². The van der Waals surface area contributed by atoms with Crippen molar-refractivity contribution < 1.29 is 13.6 Å². The zero-order valence-corrected chi connectivity index (χ0v) is 10.9. The number of nitrogens with zero attached hydrogens (tertiary/aromatic N) is 1. The quantitative estimate of drug-likeness (QED) is 0.869. The fraction of sp³-hybridized carbons (Fsp3) is 0.0714. The fourth-order valence-electron chi connectivity index (χ4n) is 2.18. The number of anilines is 3. The maximum Gasteiger partial charge on any atom is 0.244 e. The molecule has 0 fully saturated rings. The minimum Gasteiger partial charge on any atom is -0.330 e. The van der Waals surface area contributed by atoms with E-state index in [-0.39, 0.29) is 23.8 Å². The SMILES string of the molecule is O=C1CN(c2cccc(Cl)c2)c2cc(F)cc(F)c2N1. The van der Waals surface area contributed by atoms with Gasteiger partial charge in [0.05, 0.1) is 5.69 Å². The lowest BCUT2D eigenvalue weighted by Crippen LogP contribution is -2.35. The maximum atomic E-state index is 13.8. The van der Waals surface area contributed by atoms with E-state index in [0.717, 1.165) is 6.07 Å². The normalized spacial score (nSPS) is 13.9. The van der Waals surface area contributed by atoms with Crippen LogP contribution < -0.4 is 10.2 Å². The van der Waals surface area contributed by atoms with Gasteiger partial charge in [0.25, 0.3) is 0 Å². The fourth-order valence-corrected chi connectivity index (χ4v) is 2.36. The Morgan fingerprint density at radius 2 is 2.00 bits per heavy atom. The molecular formula is C14H9ClF2N2O. The average Bonchev–Trinajstić information content (AvgIpc) is 2.39. The van der Waals surface area contributed by atoms with E-state index in [1.165, 1.54) is 11.0 Å². The van der Waals surface area contributed by atoms with Crippen molar-refractivity contribution in [3.63, 3.8) is 0 Å². The molecule has 6 heteroatoms. The molecule has 1 aliphatic heterocycles. The zero-order valence-electron chi connectivity index (χ0n) is 10.2. The minimum absolute atomic E-state index is 0.0253. The van der Waals surface area contributed by atoms with Gasteiger partial charge in [0.15, 0.2) is 5.82 Å². The van der Waals surface area contributed by atoms with Crippen LogP contribution in [0.4, 0.5) is 25.8 Å². The molecule has 0 unspecified atom stereocenters. The summed E-state index contributed by atoms with van der Waals surface area (Å²) in [5, 5.41) is 2.89. The average molecular weight is 295 g/mol. The Bertz CT molecular complexity index is 706. The van der Waals surface area contributed by atoms with Crippen LogP contribution in [0.3, 0.4) is 0 Å². The lowest BCUT2D eigenvalue weighted by atomic mass is 10.1. The number of rotatable bonds is 1. The van der Waals surface area contributed by atoms with E-state index in [4.69, 9.17) is 11.6 Å². The Hall–Kier alpha value is -2.14. The number of hydrogen-bond donors (Lipinski definition) is 1. The lowest BCUT2D eigenvalue weighted by Gasteiger charge is -2.31. The smallest absolute Gasteiger partial charge is 0.244 e. The topological polar surface area (TPSA) is 32.3 Å². The van der Waals surface area contributed by atoms with Gasteiger partial charge in [-0.05, 0) is 24.3 Å². The molecule has 0 saturated heterocycles. The largest absolute Gasteiger partial charge is 0.330 e. The molecule has 0 bridgehead atoms. The maximum absolute atomic E-state index is 13.8. The van der Waals surface area contributed by atoms with E-state index in [2.05, 4.69) is 5.32 Å². The van der Waals surface area contributed by atoms with Crippen molar-refractivity contribution in [1.29, 1.82) is 0 Å². The molecular weight excluding hydrogens is 286 g/mol. The number of carbonyl (C=O) groups is 1. The monoisotopic (exact) mass is 294 g/mol. The molecule has 0 spiro atoms. The number of carbonyl (C=O) groups excluding carboxylic acids is 1. The predicted molar refractivity (Wildman–Crippen MR) is 73.4 cm³/mol. The summed E-state index contributed by atoms with van der Waals surface area (Å²) in [7, 11) is 0. The first kappa shape index (κ1) is 12.9. The highest BCUT2D eigenvalue weighted by molar-refractivity contribution is 6.30. The van der Waals surface area contributed by atoms with Crippen molar-refractivity contribution in [2.45, 2.75) is 0 Å². The van der Waals surface area contributed by atoms with Crippen LogP contribution in [0.1, 0.15) is 0 Å². The first-order valence-electron chi connectivity index (χ1n) is 5.86. The molecule has 102 valence electrons. The Labute approximate surface area is 118 Å². The minimum atomic E-state index is -0.805. The highest BCUT2D eigenvalue weighted by Gasteiger charge is 2.26. The predicted octanol–water partition coefficient (Wildman–Crippen LogP) is 3.71. The molecule has 1 heterocycles. The van der Waals surface area contributed by atoms with Gasteiger partial charge in [-0.25, -0.2) is 8.78 Å². The van der Waals surface area contributed by atoms with Gasteiger partial charge >= 0.3 is 0 Å². The van der Waals surface area contributed by atoms with Crippen LogP contribution in [0, 0.1) is 11.6 Å². The standard InChI is InChI=1S/C14H9ClF2N2O/c15-8-2-1-3-10(4-8)19-7-13(20)18-14-11(17)5-9(16)6-12(14)19/h1-6H,7H2,(H,18,20). The molecule has 1 aliphatic rings. The van der Waals surface area contributed by atoms with Crippen molar-refractivity contribution in [2.75, 3.05) is 16.8 Å². The number of fused-ring (bicyclic) bond motifs is 1. The third-order valence-electron chi connectivity index (χ3n) is 3.01. The number of halogens is 3. The third-order valence-corrected chi connectivity index (χ3v) is 3.25. The molecule has 1 amide bonds. The summed E-state index contributed by atoms with van der Waals surface area (Å²) < 4.78 is 27.2. The highest BCUT2D eigenvalue weighted by Crippen LogP contribution is 2.37. The summed E-state index contributed by atoms with van der Waals surface area (Å²) >= 11 is 5.91. The number of benzene rings is 2. The number of amides is 1. The van der Waals surface area contributed by atoms with Gasteiger partial charge in [-0.15, -0.1) is 0 Å². The number of hydrogen-bond acceptors (Lipinski definition) is 2. The Kier molecular flexibility index (Phi) is 3.06. The van der Waals surface area contributed by atoms with Gasteiger partial charge in [0.1, 0.15) is 18.0 Å². The lowest BCUT2D eigenvalue weighted by molar-refractivity contribution is -0.115. The summed E-state index contributed by atoms with van der Waals surface area (Å²) in [4.78, 5) is 13.2. The second-order valence-electron chi connectivity index (χ2n) is 4.40. The van der Waals surface area contributed by atoms with E-state index in [1.807, 2.05) is 0 Å². The first-order chi connectivity index (χ1) is 9.54. The first-order valence-corrected chi connectivity index (χ1v) is 6.24. The zero-order chi connectivity index (χ0) is 14.3. The van der Waals surface area contributed by atoms with Crippen LogP contribution in [0.25, 0.3) is 0 Å². The van der Waals surface area contributed by atoms with E-state index in [1.54, 1.807) is 24.3 Å². The summed E-state index contributed by atoms with van der Waals surface area (Å²) in [6.45, 7) is -0.0315. The molecule has 3 nitrogen and oxygen atoms in total. The number of nitrogens with one attached hydrogen (secondary N) is 1. The van der Waals surface area contributed by atoms with Crippen LogP contribution in [-0.4, -0.2) is 12.5 Å². The summed E-state index contributed by atoms with van der Waals surface area (Å²) in [5.41, 5.74) is 0.839. The van der Waals surface area contributed by atoms with E-state index in [9.17, 15) is 13.6 Å². The molecule has 0 radical (unpaired) electrons. The van der Waals surface area contributed by atoms with Gasteiger partial charge in [0.2, 0.25) is 5.91 Å². The molecule has 0 aromatic heterocycles. The Balaban J connectivity index is 2.17. The molecule has 1 N–H and O–H groups in total. The van der Waals surface area contributed by atoms with Crippen molar-refractivity contribution in [3.05, 3.63) is 53.1 Å². The van der Waals surface area contributed by atoms with Crippen LogP contribution >= 0.6 is 11.6 Å². The summed E-state index contributed by atoms with van der Waals surface area (Å²) in [5.74, 6) is -1.88. The Morgan fingerprint density at radius 3 is 2.75 bits per heavy atom. The molecule has 0 atom stereocenters. The Morgan fingerprint density at radius 1 is 1.20 bits per heavy atom. The molecule has 2 aromatic rings. The van der Waals surface area contributed by atoms with E-state index >= 15 is 0 Å². The molecule has 0 aliphatic carbocycles. The molecule has 2 aromatic carbocycles. The van der Waals surface area contributed by atoms with Gasteiger partial charge in [-0.1, -0.05) is 17.7 Å². The second kappa shape index (κ2) is 4.76. The molecule has 0 saturated carbocycles. The van der Waals surface area contributed by atoms with Crippen LogP contribution in [0.5, 0.6) is 0 Å². The molecule has 3 rings (SSSR count). The van der Waals surface area contributed by atoms with Crippen molar-refractivity contribution >= 4 is 34.6 Å². The van der Waals surface area contributed by atoms with E-state index in [0.29, 0.717) is 10.7 Å². The third kappa shape index (κ3) is 2.20. The van der Waals surface area contributed by atoms with Crippen molar-refractivity contribution in [2.24, 2.45) is 0 Å². The van der Waals surface area contributed by atoms with Gasteiger partial charge in [-0.3, -0.25) is 4.79 Å². The summed E-state index contributed by atoms with van der Waals surface area (Å²) in [6.07, 6.45) is 0. The second-order valence-corrected chi connectivity index (χ2v) is 4.83. The van der Waals surface area contributed by atoms with E-state index < -0.39 is 11.6 Å². The summed E-state index contributed by atoms with van der Waals surface area (Å²) in [6, 6.07) is 8.66. The molecule has 20 heavy (non-hydrogen) atoms. The van der Waals surface area contributed by atoms with Gasteiger partial charge in [0, 0.05) is 16.8 Å².